The standard InChI is InChI=1S/C9H13NO2S/c1-4-8-5-9(13(3,11)12)6-10-7(8)2/h5-6H,4H2,1-3H3. The second-order valence-corrected chi connectivity index (χ2v) is 5.06. The van der Waals surface area contributed by atoms with Gasteiger partial charge in [-0.25, -0.2) is 8.42 Å². The lowest BCUT2D eigenvalue weighted by atomic mass is 10.1. The highest BCUT2D eigenvalue weighted by atomic mass is 32.2. The van der Waals surface area contributed by atoms with E-state index in [1.165, 1.54) is 12.5 Å². The van der Waals surface area contributed by atoms with Crippen molar-refractivity contribution in [2.75, 3.05) is 6.26 Å². The van der Waals surface area contributed by atoms with Gasteiger partial charge in [-0.1, -0.05) is 6.92 Å². The highest BCUT2D eigenvalue weighted by Gasteiger charge is 2.09. The largest absolute Gasteiger partial charge is 0.260 e. The fourth-order valence-electron chi connectivity index (χ4n) is 1.12. The van der Waals surface area contributed by atoms with Crippen LogP contribution >= 0.6 is 0 Å². The number of pyridine rings is 1. The maximum atomic E-state index is 11.2. The number of hydrogen-bond acceptors (Lipinski definition) is 3. The van der Waals surface area contributed by atoms with Crippen LogP contribution in [0.1, 0.15) is 18.2 Å². The van der Waals surface area contributed by atoms with Crippen molar-refractivity contribution in [1.82, 2.24) is 4.98 Å². The van der Waals surface area contributed by atoms with Gasteiger partial charge < -0.3 is 0 Å². The molecule has 0 unspecified atom stereocenters. The molecule has 0 atom stereocenters. The summed E-state index contributed by atoms with van der Waals surface area (Å²) in [4.78, 5) is 4.34. The molecule has 1 rings (SSSR count). The van der Waals surface area contributed by atoms with E-state index < -0.39 is 9.84 Å². The number of rotatable bonds is 2. The monoisotopic (exact) mass is 199 g/mol. The number of hydrogen-bond donors (Lipinski definition) is 0. The van der Waals surface area contributed by atoms with Crippen LogP contribution in [0.25, 0.3) is 0 Å². The Hall–Kier alpha value is -0.900. The maximum Gasteiger partial charge on any atom is 0.177 e. The third kappa shape index (κ3) is 2.28. The Labute approximate surface area is 78.7 Å². The van der Waals surface area contributed by atoms with Gasteiger partial charge in [-0.3, -0.25) is 4.98 Å². The van der Waals surface area contributed by atoms with E-state index in [-0.39, 0.29) is 0 Å². The van der Waals surface area contributed by atoms with Gasteiger partial charge in [-0.05, 0) is 25.0 Å². The third-order valence-corrected chi connectivity index (χ3v) is 3.06. The lowest BCUT2D eigenvalue weighted by Gasteiger charge is -2.03. The zero-order valence-electron chi connectivity index (χ0n) is 8.03. The smallest absolute Gasteiger partial charge is 0.177 e. The van der Waals surface area contributed by atoms with Gasteiger partial charge in [0.15, 0.2) is 9.84 Å². The first-order valence-electron chi connectivity index (χ1n) is 4.10. The highest BCUT2D eigenvalue weighted by Crippen LogP contribution is 2.12. The van der Waals surface area contributed by atoms with Crippen LogP contribution in [-0.4, -0.2) is 19.7 Å². The van der Waals surface area contributed by atoms with E-state index in [0.29, 0.717) is 4.90 Å². The van der Waals surface area contributed by atoms with Crippen LogP contribution in [-0.2, 0) is 16.3 Å². The van der Waals surface area contributed by atoms with Gasteiger partial charge in [-0.2, -0.15) is 0 Å². The van der Waals surface area contributed by atoms with Crippen LogP contribution in [0.5, 0.6) is 0 Å². The minimum atomic E-state index is -3.11. The molecule has 1 aromatic rings. The molecule has 3 nitrogen and oxygen atoms in total. The Balaban J connectivity index is 3.30. The zero-order valence-corrected chi connectivity index (χ0v) is 8.85. The van der Waals surface area contributed by atoms with Gasteiger partial charge in [-0.15, -0.1) is 0 Å². The first-order valence-corrected chi connectivity index (χ1v) is 6.00. The summed E-state index contributed by atoms with van der Waals surface area (Å²) < 4.78 is 22.3. The molecule has 1 aromatic heterocycles. The molecule has 72 valence electrons. The van der Waals surface area contributed by atoms with Crippen molar-refractivity contribution < 1.29 is 8.42 Å². The van der Waals surface area contributed by atoms with E-state index in [9.17, 15) is 8.42 Å². The highest BCUT2D eigenvalue weighted by molar-refractivity contribution is 7.90. The van der Waals surface area contributed by atoms with Gasteiger partial charge in [0.1, 0.15) is 0 Å². The molecule has 4 heteroatoms. The summed E-state index contributed by atoms with van der Waals surface area (Å²) in [7, 11) is -3.11. The Morgan fingerprint density at radius 2 is 2.08 bits per heavy atom. The molecule has 1 heterocycles. The van der Waals surface area contributed by atoms with Gasteiger partial charge in [0.25, 0.3) is 0 Å². The summed E-state index contributed by atoms with van der Waals surface area (Å²) in [5.41, 5.74) is 1.89. The Morgan fingerprint density at radius 3 is 2.54 bits per heavy atom. The van der Waals surface area contributed by atoms with E-state index >= 15 is 0 Å². The Kier molecular flexibility index (Phi) is 2.71. The molecule has 0 aromatic carbocycles. The van der Waals surface area contributed by atoms with E-state index in [2.05, 4.69) is 4.98 Å². The second-order valence-electron chi connectivity index (χ2n) is 3.04. The van der Waals surface area contributed by atoms with Crippen molar-refractivity contribution in [2.45, 2.75) is 25.2 Å². The lowest BCUT2D eigenvalue weighted by Crippen LogP contribution is -2.01. The summed E-state index contributed by atoms with van der Waals surface area (Å²) in [6.45, 7) is 3.86. The normalized spacial score (nSPS) is 11.6. The predicted octanol–water partition coefficient (Wildman–Crippen LogP) is 1.36. The average Bonchev–Trinajstić information content (AvgIpc) is 2.03. The number of aromatic nitrogens is 1. The molecular formula is C9H13NO2S. The van der Waals surface area contributed by atoms with Crippen LogP contribution in [0.3, 0.4) is 0 Å². The zero-order chi connectivity index (χ0) is 10.1. The van der Waals surface area contributed by atoms with Gasteiger partial charge in [0.05, 0.1) is 4.90 Å². The van der Waals surface area contributed by atoms with Crippen LogP contribution in [0.2, 0.25) is 0 Å². The summed E-state index contributed by atoms with van der Waals surface area (Å²) >= 11 is 0. The average molecular weight is 199 g/mol. The first kappa shape index (κ1) is 10.2. The molecule has 0 saturated heterocycles. The summed E-state index contributed by atoms with van der Waals surface area (Å²) in [6.07, 6.45) is 3.41. The van der Waals surface area contributed by atoms with Crippen molar-refractivity contribution >= 4 is 9.84 Å². The fraction of sp³-hybridized carbons (Fsp3) is 0.444. The van der Waals surface area contributed by atoms with Crippen LogP contribution < -0.4 is 0 Å². The summed E-state index contributed by atoms with van der Waals surface area (Å²) in [5, 5.41) is 0. The van der Waals surface area contributed by atoms with Crippen molar-refractivity contribution in [3.63, 3.8) is 0 Å². The minimum absolute atomic E-state index is 0.301. The molecule has 0 spiro atoms. The van der Waals surface area contributed by atoms with Gasteiger partial charge in [0, 0.05) is 18.1 Å². The molecule has 0 radical (unpaired) electrons. The van der Waals surface area contributed by atoms with E-state index in [1.807, 2.05) is 13.8 Å². The number of sulfone groups is 1. The van der Waals surface area contributed by atoms with E-state index in [4.69, 9.17) is 0 Å². The molecule has 0 fully saturated rings. The topological polar surface area (TPSA) is 47.0 Å². The molecular weight excluding hydrogens is 186 g/mol. The Morgan fingerprint density at radius 1 is 1.46 bits per heavy atom. The number of aryl methyl sites for hydroxylation is 2. The van der Waals surface area contributed by atoms with Crippen LogP contribution in [0, 0.1) is 6.92 Å². The molecule has 0 amide bonds. The summed E-state index contributed by atoms with van der Waals surface area (Å²) in [5.74, 6) is 0. The molecule has 0 aliphatic rings. The Bertz CT molecular complexity index is 410. The molecule has 13 heavy (non-hydrogen) atoms. The number of nitrogens with zero attached hydrogens (tertiary/aromatic N) is 1. The van der Waals surface area contributed by atoms with Crippen molar-refractivity contribution in [3.8, 4) is 0 Å². The second kappa shape index (κ2) is 3.46. The van der Waals surface area contributed by atoms with E-state index in [0.717, 1.165) is 17.7 Å². The van der Waals surface area contributed by atoms with Crippen molar-refractivity contribution in [1.29, 1.82) is 0 Å². The van der Waals surface area contributed by atoms with Crippen LogP contribution in [0.15, 0.2) is 17.2 Å². The van der Waals surface area contributed by atoms with E-state index in [1.54, 1.807) is 6.07 Å². The quantitative estimate of drug-likeness (QED) is 0.722. The molecule has 0 aliphatic heterocycles. The van der Waals surface area contributed by atoms with Gasteiger partial charge >= 0.3 is 0 Å². The molecule has 0 saturated carbocycles. The predicted molar refractivity (Wildman–Crippen MR) is 51.5 cm³/mol. The van der Waals surface area contributed by atoms with Crippen molar-refractivity contribution in [3.05, 3.63) is 23.5 Å². The maximum absolute atomic E-state index is 11.2. The fourth-order valence-corrected chi connectivity index (χ4v) is 1.72. The van der Waals surface area contributed by atoms with Crippen LogP contribution in [0.4, 0.5) is 0 Å². The van der Waals surface area contributed by atoms with Crippen molar-refractivity contribution in [2.24, 2.45) is 0 Å². The minimum Gasteiger partial charge on any atom is -0.260 e. The molecule has 0 N–H and O–H groups in total. The summed E-state index contributed by atoms with van der Waals surface area (Å²) in [6, 6.07) is 1.69. The molecule has 0 bridgehead atoms. The first-order chi connectivity index (χ1) is 5.95. The van der Waals surface area contributed by atoms with Gasteiger partial charge in [0.2, 0.25) is 0 Å². The lowest BCUT2D eigenvalue weighted by molar-refractivity contribution is 0.601. The molecule has 0 aliphatic carbocycles. The third-order valence-electron chi connectivity index (χ3n) is 1.98. The SMILES string of the molecule is CCc1cc(S(C)(=O)=O)cnc1C.